The van der Waals surface area contributed by atoms with Crippen LogP contribution in [0.4, 0.5) is 0 Å². The van der Waals surface area contributed by atoms with Crippen LogP contribution in [0.1, 0.15) is 52.0 Å². The van der Waals surface area contributed by atoms with Crippen LogP contribution in [0.15, 0.2) is 42.6 Å². The van der Waals surface area contributed by atoms with E-state index in [1.165, 1.54) is 33.2 Å². The summed E-state index contributed by atoms with van der Waals surface area (Å²) in [5.41, 5.74) is -1.15. The molecule has 0 fully saturated rings. The number of amides is 1. The second kappa shape index (κ2) is 12.8. The molecule has 0 radical (unpaired) electrons. The third-order valence-electron chi connectivity index (χ3n) is 5.13. The highest BCUT2D eigenvalue weighted by atomic mass is 16.7. The maximum atomic E-state index is 12.9. The molecule has 0 spiro atoms. The van der Waals surface area contributed by atoms with E-state index < -0.39 is 42.4 Å². The summed E-state index contributed by atoms with van der Waals surface area (Å²) in [7, 11) is 1.39. The predicted molar refractivity (Wildman–Crippen MR) is 131 cm³/mol. The van der Waals surface area contributed by atoms with Crippen LogP contribution in [0.2, 0.25) is 0 Å². The molecule has 0 saturated heterocycles. The van der Waals surface area contributed by atoms with Crippen molar-refractivity contribution in [1.82, 2.24) is 10.3 Å². The number of methoxy groups -OCH3 is 1. The summed E-state index contributed by atoms with van der Waals surface area (Å²) in [6, 6.07) is 9.74. The summed E-state index contributed by atoms with van der Waals surface area (Å²) >= 11 is 0. The summed E-state index contributed by atoms with van der Waals surface area (Å²) in [6.45, 7) is 9.75. The van der Waals surface area contributed by atoms with Crippen molar-refractivity contribution >= 4 is 17.8 Å². The zero-order valence-electron chi connectivity index (χ0n) is 21.7. The van der Waals surface area contributed by atoms with Crippen molar-refractivity contribution < 1.29 is 38.1 Å². The van der Waals surface area contributed by atoms with Crippen molar-refractivity contribution in [2.75, 3.05) is 13.9 Å². The second-order valence-corrected chi connectivity index (χ2v) is 8.90. The molecule has 1 aromatic carbocycles. The fourth-order valence-electron chi connectivity index (χ4n) is 3.52. The van der Waals surface area contributed by atoms with Crippen LogP contribution in [0, 0.1) is 5.92 Å². The van der Waals surface area contributed by atoms with Crippen LogP contribution in [0.5, 0.6) is 17.2 Å². The SMILES string of the molecule is COc1ccnc(C(=O)NC(C)C(=O)OC(C)(C)[C@H](Oc2ccccc2)C(C)C)c1OCOC(C)=O. The molecule has 0 aliphatic rings. The first kappa shape index (κ1) is 28.4. The van der Waals surface area contributed by atoms with Gasteiger partial charge in [0.1, 0.15) is 23.5 Å². The van der Waals surface area contributed by atoms with Crippen molar-refractivity contribution in [3.63, 3.8) is 0 Å². The van der Waals surface area contributed by atoms with Gasteiger partial charge in [-0.2, -0.15) is 0 Å². The van der Waals surface area contributed by atoms with Gasteiger partial charge in [-0.05, 0) is 38.8 Å². The molecule has 1 heterocycles. The van der Waals surface area contributed by atoms with Gasteiger partial charge in [0, 0.05) is 19.2 Å². The second-order valence-electron chi connectivity index (χ2n) is 8.90. The normalized spacial score (nSPS) is 12.8. The molecule has 1 N–H and O–H groups in total. The first-order valence-corrected chi connectivity index (χ1v) is 11.5. The van der Waals surface area contributed by atoms with E-state index in [0.717, 1.165) is 0 Å². The van der Waals surface area contributed by atoms with Crippen molar-refractivity contribution in [2.45, 2.75) is 59.3 Å². The molecule has 0 aliphatic heterocycles. The number of hydrogen-bond acceptors (Lipinski definition) is 9. The quantitative estimate of drug-likeness (QED) is 0.343. The largest absolute Gasteiger partial charge is 0.493 e. The fourth-order valence-corrected chi connectivity index (χ4v) is 3.52. The molecule has 2 rings (SSSR count). The number of nitrogens with zero attached hydrogens (tertiary/aromatic N) is 1. The maximum absolute atomic E-state index is 12.9. The van der Waals surface area contributed by atoms with Crippen LogP contribution in [-0.4, -0.2) is 54.5 Å². The van der Waals surface area contributed by atoms with Crippen LogP contribution in [0.25, 0.3) is 0 Å². The molecule has 1 aromatic heterocycles. The Hall–Kier alpha value is -3.82. The number of rotatable bonds is 12. The van der Waals surface area contributed by atoms with E-state index in [2.05, 4.69) is 10.3 Å². The van der Waals surface area contributed by atoms with Crippen molar-refractivity contribution in [3.8, 4) is 17.2 Å². The lowest BCUT2D eigenvalue weighted by Gasteiger charge is -2.37. The number of nitrogens with one attached hydrogen (secondary N) is 1. The van der Waals surface area contributed by atoms with E-state index in [-0.39, 0.29) is 23.1 Å². The number of aromatic nitrogens is 1. The highest BCUT2D eigenvalue weighted by Crippen LogP contribution is 2.30. The van der Waals surface area contributed by atoms with Crippen LogP contribution >= 0.6 is 0 Å². The van der Waals surface area contributed by atoms with Gasteiger partial charge in [0.25, 0.3) is 5.91 Å². The molecule has 10 heteroatoms. The zero-order chi connectivity index (χ0) is 26.9. The van der Waals surface area contributed by atoms with E-state index in [0.29, 0.717) is 5.75 Å². The van der Waals surface area contributed by atoms with E-state index in [1.54, 1.807) is 13.8 Å². The minimum Gasteiger partial charge on any atom is -0.493 e. The monoisotopic (exact) mass is 502 g/mol. The molecular weight excluding hydrogens is 468 g/mol. The van der Waals surface area contributed by atoms with Crippen molar-refractivity contribution in [3.05, 3.63) is 48.3 Å². The van der Waals surface area contributed by atoms with Gasteiger partial charge in [0.05, 0.1) is 7.11 Å². The Morgan fingerprint density at radius 3 is 2.31 bits per heavy atom. The molecular formula is C26H34N2O8. The average molecular weight is 503 g/mol. The van der Waals surface area contributed by atoms with Crippen LogP contribution in [0.3, 0.4) is 0 Å². The maximum Gasteiger partial charge on any atom is 0.329 e. The van der Waals surface area contributed by atoms with Gasteiger partial charge in [-0.15, -0.1) is 0 Å². The summed E-state index contributed by atoms with van der Waals surface area (Å²) < 4.78 is 27.3. The van der Waals surface area contributed by atoms with Gasteiger partial charge < -0.3 is 29.0 Å². The number of carbonyl (C=O) groups is 3. The molecule has 1 unspecified atom stereocenters. The third kappa shape index (κ3) is 7.86. The smallest absolute Gasteiger partial charge is 0.329 e. The first-order valence-electron chi connectivity index (χ1n) is 11.5. The average Bonchev–Trinajstić information content (AvgIpc) is 2.82. The highest BCUT2D eigenvalue weighted by Gasteiger charge is 2.39. The Labute approximate surface area is 211 Å². The number of para-hydroxylation sites is 1. The number of esters is 2. The van der Waals surface area contributed by atoms with Crippen molar-refractivity contribution in [1.29, 1.82) is 0 Å². The topological polar surface area (TPSA) is 122 Å². The number of ether oxygens (including phenoxy) is 5. The molecule has 0 saturated carbocycles. The summed E-state index contributed by atoms with van der Waals surface area (Å²) in [5.74, 6) is -1.05. The van der Waals surface area contributed by atoms with Crippen molar-refractivity contribution in [2.24, 2.45) is 5.92 Å². The number of pyridine rings is 1. The van der Waals surface area contributed by atoms with E-state index in [9.17, 15) is 14.4 Å². The number of carbonyl (C=O) groups excluding carboxylic acids is 3. The highest BCUT2D eigenvalue weighted by molar-refractivity contribution is 5.98. The fraction of sp³-hybridized carbons (Fsp3) is 0.462. The van der Waals surface area contributed by atoms with Gasteiger partial charge >= 0.3 is 11.9 Å². The molecule has 2 atom stereocenters. The molecule has 10 nitrogen and oxygen atoms in total. The Kier molecular flexibility index (Phi) is 10.1. The number of hydrogen-bond donors (Lipinski definition) is 1. The Morgan fingerprint density at radius 1 is 1.06 bits per heavy atom. The Bertz CT molecular complexity index is 1040. The van der Waals surface area contributed by atoms with Gasteiger partial charge in [-0.25, -0.2) is 9.78 Å². The summed E-state index contributed by atoms with van der Waals surface area (Å²) in [6.07, 6.45) is 0.903. The Balaban J connectivity index is 2.12. The van der Waals surface area contributed by atoms with Crippen LogP contribution < -0.4 is 19.5 Å². The molecule has 36 heavy (non-hydrogen) atoms. The third-order valence-corrected chi connectivity index (χ3v) is 5.13. The Morgan fingerprint density at radius 2 is 1.72 bits per heavy atom. The lowest BCUT2D eigenvalue weighted by Crippen LogP contribution is -2.51. The summed E-state index contributed by atoms with van der Waals surface area (Å²) in [4.78, 5) is 41.0. The number of benzene rings is 1. The lowest BCUT2D eigenvalue weighted by molar-refractivity contribution is -0.170. The van der Waals surface area contributed by atoms with E-state index >= 15 is 0 Å². The van der Waals surface area contributed by atoms with Gasteiger partial charge in [-0.1, -0.05) is 32.0 Å². The van der Waals surface area contributed by atoms with Gasteiger partial charge in [0.2, 0.25) is 6.79 Å². The molecule has 196 valence electrons. The minimum atomic E-state index is -1.02. The van der Waals surface area contributed by atoms with E-state index in [1.807, 2.05) is 44.2 Å². The molecule has 0 bridgehead atoms. The standard InChI is InChI=1S/C26H34N2O8/c1-16(2)23(35-19-11-9-8-10-12-19)26(5,6)36-25(31)17(3)28-24(30)21-22(34-15-33-18(4)29)20(32-7)13-14-27-21/h8-14,16-17,23H,15H2,1-7H3,(H,28,30)/t17?,23-/m1/s1. The van der Waals surface area contributed by atoms with Gasteiger partial charge in [0.15, 0.2) is 17.2 Å². The molecule has 1 amide bonds. The summed E-state index contributed by atoms with van der Waals surface area (Å²) in [5, 5.41) is 2.57. The lowest BCUT2D eigenvalue weighted by atomic mass is 9.91. The van der Waals surface area contributed by atoms with E-state index in [4.69, 9.17) is 23.7 Å². The zero-order valence-corrected chi connectivity index (χ0v) is 21.7. The molecule has 0 aliphatic carbocycles. The van der Waals surface area contributed by atoms with Gasteiger partial charge in [-0.3, -0.25) is 9.59 Å². The molecule has 2 aromatic rings. The predicted octanol–water partition coefficient (Wildman–Crippen LogP) is 3.53. The minimum absolute atomic E-state index is 0.0239. The van der Waals surface area contributed by atoms with Crippen LogP contribution in [-0.2, 0) is 19.1 Å². The first-order chi connectivity index (χ1) is 17.0.